The molecule has 0 radical (unpaired) electrons. The van der Waals surface area contributed by atoms with Crippen molar-refractivity contribution in [2.45, 2.75) is 25.8 Å². The molecular formula is C11H14BrClN2O2. The van der Waals surface area contributed by atoms with Gasteiger partial charge in [0, 0.05) is 10.7 Å². The van der Waals surface area contributed by atoms with Gasteiger partial charge in [-0.1, -0.05) is 18.5 Å². The van der Waals surface area contributed by atoms with E-state index in [0.717, 1.165) is 0 Å². The van der Waals surface area contributed by atoms with Crippen LogP contribution in [0.2, 0.25) is 5.15 Å². The molecule has 0 spiro atoms. The number of nitrogens with zero attached hydrogens (tertiary/aromatic N) is 1. The van der Waals surface area contributed by atoms with E-state index >= 15 is 0 Å². The first kappa shape index (κ1) is 14.4. The summed E-state index contributed by atoms with van der Waals surface area (Å²) in [5, 5.41) is 12.1. The molecule has 1 rings (SSSR count). The predicted molar refractivity (Wildman–Crippen MR) is 70.2 cm³/mol. The van der Waals surface area contributed by atoms with Crippen molar-refractivity contribution in [1.29, 1.82) is 0 Å². The van der Waals surface area contributed by atoms with Crippen LogP contribution in [0.5, 0.6) is 0 Å². The Hall–Kier alpha value is -0.650. The Morgan fingerprint density at radius 1 is 1.71 bits per heavy atom. The zero-order valence-electron chi connectivity index (χ0n) is 9.63. The van der Waals surface area contributed by atoms with Crippen LogP contribution >= 0.6 is 27.5 Å². The Morgan fingerprint density at radius 3 is 2.88 bits per heavy atom. The molecule has 0 saturated carbocycles. The molecule has 1 unspecified atom stereocenters. The number of halogens is 2. The second-order valence-electron chi connectivity index (χ2n) is 4.02. The number of carbonyl (C=O) groups is 1. The number of nitrogens with one attached hydrogen (secondary N) is 1. The summed E-state index contributed by atoms with van der Waals surface area (Å²) in [6.07, 6.45) is 2.14. The third-order valence-electron chi connectivity index (χ3n) is 2.59. The molecule has 1 aromatic rings. The standard InChI is InChI=1S/C11H14BrClN2O2/c1-3-11(2,6-16)15-10(17)8-4-7(12)5-14-9(8)13/h4-5,16H,3,6H2,1-2H3,(H,15,17). The smallest absolute Gasteiger partial charge is 0.254 e. The SMILES string of the molecule is CCC(C)(CO)NC(=O)c1cc(Br)cnc1Cl. The van der Waals surface area contributed by atoms with Gasteiger partial charge in [0.05, 0.1) is 17.7 Å². The molecule has 1 heterocycles. The van der Waals surface area contributed by atoms with Gasteiger partial charge in [-0.25, -0.2) is 4.98 Å². The van der Waals surface area contributed by atoms with Gasteiger partial charge in [-0.05, 0) is 35.3 Å². The summed E-state index contributed by atoms with van der Waals surface area (Å²) < 4.78 is 0.675. The van der Waals surface area contributed by atoms with Crippen LogP contribution in [0.3, 0.4) is 0 Å². The summed E-state index contributed by atoms with van der Waals surface area (Å²) in [4.78, 5) is 15.9. The van der Waals surface area contributed by atoms with Gasteiger partial charge in [0.2, 0.25) is 0 Å². The molecule has 2 N–H and O–H groups in total. The van der Waals surface area contributed by atoms with E-state index in [1.54, 1.807) is 13.0 Å². The number of carbonyl (C=O) groups excluding carboxylic acids is 1. The molecule has 1 amide bonds. The Morgan fingerprint density at radius 2 is 2.35 bits per heavy atom. The fourth-order valence-electron chi connectivity index (χ4n) is 1.16. The second kappa shape index (κ2) is 5.80. The summed E-state index contributed by atoms with van der Waals surface area (Å²) >= 11 is 9.08. The van der Waals surface area contributed by atoms with Gasteiger partial charge in [0.15, 0.2) is 0 Å². The van der Waals surface area contributed by atoms with Crippen LogP contribution in [-0.2, 0) is 0 Å². The fraction of sp³-hybridized carbons (Fsp3) is 0.455. The summed E-state index contributed by atoms with van der Waals surface area (Å²) in [5.41, 5.74) is -0.364. The average Bonchev–Trinajstić information content (AvgIpc) is 2.32. The van der Waals surface area contributed by atoms with Crippen LogP contribution in [0.15, 0.2) is 16.7 Å². The van der Waals surface area contributed by atoms with Crippen molar-refractivity contribution in [2.24, 2.45) is 0 Å². The van der Waals surface area contributed by atoms with E-state index in [1.165, 1.54) is 6.20 Å². The number of pyridine rings is 1. The van der Waals surface area contributed by atoms with Crippen molar-refractivity contribution in [3.63, 3.8) is 0 Å². The quantitative estimate of drug-likeness (QED) is 0.837. The minimum absolute atomic E-state index is 0.131. The van der Waals surface area contributed by atoms with Crippen LogP contribution in [0.4, 0.5) is 0 Å². The minimum Gasteiger partial charge on any atom is -0.394 e. The molecule has 0 aliphatic heterocycles. The Kier molecular flexibility index (Phi) is 4.91. The highest BCUT2D eigenvalue weighted by molar-refractivity contribution is 9.10. The Bertz CT molecular complexity index is 422. The van der Waals surface area contributed by atoms with E-state index in [1.807, 2.05) is 6.92 Å². The molecule has 0 bridgehead atoms. The van der Waals surface area contributed by atoms with Crippen molar-refractivity contribution >= 4 is 33.4 Å². The molecule has 0 aliphatic carbocycles. The number of hydrogen-bond acceptors (Lipinski definition) is 3. The zero-order valence-corrected chi connectivity index (χ0v) is 12.0. The highest BCUT2D eigenvalue weighted by Gasteiger charge is 2.25. The lowest BCUT2D eigenvalue weighted by Gasteiger charge is -2.27. The van der Waals surface area contributed by atoms with Gasteiger partial charge in [-0.3, -0.25) is 4.79 Å². The van der Waals surface area contributed by atoms with E-state index in [2.05, 4.69) is 26.2 Å². The van der Waals surface area contributed by atoms with Crippen molar-refractivity contribution in [3.8, 4) is 0 Å². The Balaban J connectivity index is 2.94. The summed E-state index contributed by atoms with van der Waals surface area (Å²) in [5.74, 6) is -0.345. The second-order valence-corrected chi connectivity index (χ2v) is 5.29. The number of aliphatic hydroxyl groups is 1. The normalized spacial score (nSPS) is 14.2. The first-order valence-electron chi connectivity index (χ1n) is 5.16. The lowest BCUT2D eigenvalue weighted by atomic mass is 10.00. The van der Waals surface area contributed by atoms with Gasteiger partial charge in [0.1, 0.15) is 5.15 Å². The van der Waals surface area contributed by atoms with Crippen LogP contribution in [-0.4, -0.2) is 28.1 Å². The van der Waals surface area contributed by atoms with Crippen LogP contribution in [0.25, 0.3) is 0 Å². The van der Waals surface area contributed by atoms with Crippen LogP contribution < -0.4 is 5.32 Å². The summed E-state index contributed by atoms with van der Waals surface area (Å²) in [6.45, 7) is 3.52. The maximum absolute atomic E-state index is 12.0. The molecule has 1 atom stereocenters. The largest absolute Gasteiger partial charge is 0.394 e. The van der Waals surface area contributed by atoms with Gasteiger partial charge in [0.25, 0.3) is 5.91 Å². The number of aromatic nitrogens is 1. The average molecular weight is 322 g/mol. The highest BCUT2D eigenvalue weighted by atomic mass is 79.9. The van der Waals surface area contributed by atoms with E-state index in [4.69, 9.17) is 11.6 Å². The van der Waals surface area contributed by atoms with Crippen molar-refractivity contribution in [3.05, 3.63) is 27.5 Å². The van der Waals surface area contributed by atoms with Crippen LogP contribution in [0, 0.1) is 0 Å². The van der Waals surface area contributed by atoms with E-state index in [-0.39, 0.29) is 23.2 Å². The number of amides is 1. The minimum atomic E-state index is -0.650. The van der Waals surface area contributed by atoms with E-state index < -0.39 is 5.54 Å². The molecule has 17 heavy (non-hydrogen) atoms. The maximum atomic E-state index is 12.0. The predicted octanol–water partition coefficient (Wildman–Crippen LogP) is 2.39. The summed E-state index contributed by atoms with van der Waals surface area (Å²) in [7, 11) is 0. The third-order valence-corrected chi connectivity index (χ3v) is 3.33. The maximum Gasteiger partial charge on any atom is 0.254 e. The van der Waals surface area contributed by atoms with Crippen molar-refractivity contribution in [2.75, 3.05) is 6.61 Å². The van der Waals surface area contributed by atoms with Crippen LogP contribution in [0.1, 0.15) is 30.6 Å². The molecule has 0 fully saturated rings. The van der Waals surface area contributed by atoms with Gasteiger partial charge < -0.3 is 10.4 Å². The van der Waals surface area contributed by atoms with Gasteiger partial charge >= 0.3 is 0 Å². The fourth-order valence-corrected chi connectivity index (χ4v) is 1.68. The van der Waals surface area contributed by atoms with Gasteiger partial charge in [-0.2, -0.15) is 0 Å². The zero-order chi connectivity index (χ0) is 13.1. The number of hydrogen-bond donors (Lipinski definition) is 2. The number of rotatable bonds is 4. The lowest BCUT2D eigenvalue weighted by Crippen LogP contribution is -2.48. The number of aliphatic hydroxyl groups excluding tert-OH is 1. The molecular weight excluding hydrogens is 307 g/mol. The molecule has 0 aliphatic rings. The Labute approximate surface area is 114 Å². The van der Waals surface area contributed by atoms with E-state index in [0.29, 0.717) is 10.9 Å². The third kappa shape index (κ3) is 3.66. The molecule has 0 saturated heterocycles. The van der Waals surface area contributed by atoms with Crippen molar-refractivity contribution < 1.29 is 9.90 Å². The molecule has 94 valence electrons. The van der Waals surface area contributed by atoms with Crippen molar-refractivity contribution in [1.82, 2.24) is 10.3 Å². The van der Waals surface area contributed by atoms with Gasteiger partial charge in [-0.15, -0.1) is 0 Å². The highest BCUT2D eigenvalue weighted by Crippen LogP contribution is 2.19. The summed E-state index contributed by atoms with van der Waals surface area (Å²) in [6, 6.07) is 1.60. The monoisotopic (exact) mass is 320 g/mol. The molecule has 4 nitrogen and oxygen atoms in total. The topological polar surface area (TPSA) is 62.2 Å². The molecule has 0 aromatic carbocycles. The first-order valence-corrected chi connectivity index (χ1v) is 6.33. The van der Waals surface area contributed by atoms with E-state index in [9.17, 15) is 9.90 Å². The first-order chi connectivity index (χ1) is 7.91. The molecule has 1 aromatic heterocycles. The molecule has 6 heteroatoms. The lowest BCUT2D eigenvalue weighted by molar-refractivity contribution is 0.0847.